The van der Waals surface area contributed by atoms with Gasteiger partial charge in [0.1, 0.15) is 11.8 Å². The van der Waals surface area contributed by atoms with Crippen LogP contribution in [-0.2, 0) is 0 Å². The molecule has 0 aliphatic heterocycles. The van der Waals surface area contributed by atoms with Crippen molar-refractivity contribution in [3.63, 3.8) is 0 Å². The van der Waals surface area contributed by atoms with Crippen molar-refractivity contribution in [3.8, 4) is 16.6 Å². The van der Waals surface area contributed by atoms with Crippen molar-refractivity contribution in [2.75, 3.05) is 0 Å². The minimum atomic E-state index is -0.612. The van der Waals surface area contributed by atoms with Crippen LogP contribution < -0.4 is 0 Å². The molecule has 4 nitrogen and oxygen atoms in total. The van der Waals surface area contributed by atoms with E-state index in [-0.39, 0.29) is 16.9 Å². The first kappa shape index (κ1) is 14.8. The Morgan fingerprint density at radius 3 is 2.82 bits per heavy atom. The van der Waals surface area contributed by atoms with Gasteiger partial charge >= 0.3 is 0 Å². The number of halogens is 2. The molecule has 0 atom stereocenters. The van der Waals surface area contributed by atoms with Crippen LogP contribution in [0.3, 0.4) is 0 Å². The van der Waals surface area contributed by atoms with Crippen LogP contribution in [0, 0.1) is 17.1 Å². The minimum Gasteiger partial charge on any atom is -0.254 e. The van der Waals surface area contributed by atoms with Crippen LogP contribution in [0.15, 0.2) is 18.5 Å². The van der Waals surface area contributed by atoms with E-state index in [0.29, 0.717) is 16.0 Å². The smallest absolute Gasteiger partial charge is 0.223 e. The molecule has 0 saturated heterocycles. The van der Waals surface area contributed by atoms with E-state index >= 15 is 0 Å². The molecular formula is C15H10ClFN4S. The van der Waals surface area contributed by atoms with Gasteiger partial charge in [0.05, 0.1) is 26.9 Å². The SMILES string of the molecule is CC(C)c1ccnc2c(C#N)c(-c3nc(Cl)ncc3F)sc12. The van der Waals surface area contributed by atoms with Gasteiger partial charge in [-0.25, -0.2) is 14.4 Å². The average Bonchev–Trinajstić information content (AvgIpc) is 2.87. The number of nitriles is 1. The van der Waals surface area contributed by atoms with Gasteiger partial charge in [-0.1, -0.05) is 13.8 Å². The molecule has 110 valence electrons. The Labute approximate surface area is 135 Å². The van der Waals surface area contributed by atoms with Gasteiger partial charge in [0.25, 0.3) is 0 Å². The predicted molar refractivity (Wildman–Crippen MR) is 84.4 cm³/mol. The number of aromatic nitrogens is 3. The molecule has 3 aromatic rings. The van der Waals surface area contributed by atoms with Crippen molar-refractivity contribution >= 4 is 33.2 Å². The quantitative estimate of drug-likeness (QED) is 0.646. The normalized spacial score (nSPS) is 11.1. The fourth-order valence-electron chi connectivity index (χ4n) is 2.24. The Bertz CT molecular complexity index is 914. The zero-order valence-corrected chi connectivity index (χ0v) is 13.3. The highest BCUT2D eigenvalue weighted by Crippen LogP contribution is 2.40. The summed E-state index contributed by atoms with van der Waals surface area (Å²) in [5.74, 6) is -0.346. The van der Waals surface area contributed by atoms with E-state index in [1.54, 1.807) is 6.20 Å². The van der Waals surface area contributed by atoms with E-state index in [1.807, 2.05) is 6.07 Å². The Morgan fingerprint density at radius 2 is 2.14 bits per heavy atom. The minimum absolute atomic E-state index is 0.0363. The highest BCUT2D eigenvalue weighted by molar-refractivity contribution is 7.22. The van der Waals surface area contributed by atoms with Crippen LogP contribution in [0.4, 0.5) is 4.39 Å². The number of nitrogens with zero attached hydrogens (tertiary/aromatic N) is 4. The van der Waals surface area contributed by atoms with Gasteiger partial charge in [0, 0.05) is 6.20 Å². The molecule has 7 heteroatoms. The van der Waals surface area contributed by atoms with Crippen LogP contribution in [0.2, 0.25) is 5.28 Å². The number of fused-ring (bicyclic) bond motifs is 1. The van der Waals surface area contributed by atoms with Crippen LogP contribution >= 0.6 is 22.9 Å². The molecule has 0 radical (unpaired) electrons. The molecule has 0 N–H and O–H groups in total. The van der Waals surface area contributed by atoms with Gasteiger partial charge in [0.15, 0.2) is 5.82 Å². The summed E-state index contributed by atoms with van der Waals surface area (Å²) in [6, 6.07) is 4.02. The van der Waals surface area contributed by atoms with Crippen molar-refractivity contribution in [2.45, 2.75) is 19.8 Å². The van der Waals surface area contributed by atoms with Gasteiger partial charge in [-0.3, -0.25) is 4.98 Å². The lowest BCUT2D eigenvalue weighted by atomic mass is 10.0. The summed E-state index contributed by atoms with van der Waals surface area (Å²) in [5, 5.41) is 9.41. The number of pyridine rings is 1. The average molecular weight is 333 g/mol. The van der Waals surface area contributed by atoms with Crippen molar-refractivity contribution in [1.82, 2.24) is 15.0 Å². The van der Waals surface area contributed by atoms with Gasteiger partial charge < -0.3 is 0 Å². The maximum Gasteiger partial charge on any atom is 0.223 e. The van der Waals surface area contributed by atoms with E-state index < -0.39 is 5.82 Å². The number of hydrogen-bond acceptors (Lipinski definition) is 5. The first-order valence-electron chi connectivity index (χ1n) is 6.52. The summed E-state index contributed by atoms with van der Waals surface area (Å²) in [6.07, 6.45) is 2.67. The third-order valence-corrected chi connectivity index (χ3v) is 4.68. The molecule has 0 aliphatic carbocycles. The Kier molecular flexibility index (Phi) is 3.77. The monoisotopic (exact) mass is 332 g/mol. The third kappa shape index (κ3) is 2.32. The topological polar surface area (TPSA) is 62.5 Å². The number of thiophene rings is 1. The largest absolute Gasteiger partial charge is 0.254 e. The molecule has 3 rings (SSSR count). The standard InChI is InChI=1S/C15H10ClFN4S/c1-7(2)8-3-4-19-11-9(5-18)14(22-13(8)11)12-10(17)6-20-15(16)21-12/h3-4,6-7H,1-2H3. The van der Waals surface area contributed by atoms with Crippen LogP contribution in [0.1, 0.15) is 30.9 Å². The predicted octanol–water partition coefficient (Wildman–Crippen LogP) is 4.54. The van der Waals surface area contributed by atoms with E-state index in [0.717, 1.165) is 16.5 Å². The highest BCUT2D eigenvalue weighted by atomic mass is 35.5. The second-order valence-corrected chi connectivity index (χ2v) is 6.34. The summed E-state index contributed by atoms with van der Waals surface area (Å²) < 4.78 is 14.9. The van der Waals surface area contributed by atoms with E-state index in [4.69, 9.17) is 11.6 Å². The summed E-state index contributed by atoms with van der Waals surface area (Å²) in [7, 11) is 0. The van der Waals surface area contributed by atoms with Crippen molar-refractivity contribution in [1.29, 1.82) is 5.26 Å². The van der Waals surface area contributed by atoms with Gasteiger partial charge in [0.2, 0.25) is 5.28 Å². The third-order valence-electron chi connectivity index (χ3n) is 3.27. The first-order chi connectivity index (χ1) is 10.5. The second kappa shape index (κ2) is 5.59. The maximum absolute atomic E-state index is 14.1. The van der Waals surface area contributed by atoms with E-state index in [1.165, 1.54) is 11.3 Å². The molecule has 0 unspecified atom stereocenters. The van der Waals surface area contributed by atoms with Crippen molar-refractivity contribution in [2.24, 2.45) is 0 Å². The fourth-order valence-corrected chi connectivity index (χ4v) is 3.73. The van der Waals surface area contributed by atoms with Crippen LogP contribution in [-0.4, -0.2) is 15.0 Å². The highest BCUT2D eigenvalue weighted by Gasteiger charge is 2.21. The molecule has 3 aromatic heterocycles. The first-order valence-corrected chi connectivity index (χ1v) is 7.72. The zero-order valence-electron chi connectivity index (χ0n) is 11.8. The molecule has 0 amide bonds. The lowest BCUT2D eigenvalue weighted by Crippen LogP contribution is -1.92. The fraction of sp³-hybridized carbons (Fsp3) is 0.200. The molecular weight excluding hydrogens is 323 g/mol. The van der Waals surface area contributed by atoms with Gasteiger partial charge in [-0.15, -0.1) is 11.3 Å². The molecule has 22 heavy (non-hydrogen) atoms. The Balaban J connectivity index is 2.38. The number of rotatable bonds is 2. The summed E-state index contributed by atoms with van der Waals surface area (Å²) >= 11 is 7.07. The lowest BCUT2D eigenvalue weighted by molar-refractivity contribution is 0.618. The Morgan fingerprint density at radius 1 is 1.36 bits per heavy atom. The maximum atomic E-state index is 14.1. The molecule has 0 fully saturated rings. The lowest BCUT2D eigenvalue weighted by Gasteiger charge is -2.05. The molecule has 3 heterocycles. The van der Waals surface area contributed by atoms with Crippen molar-refractivity contribution < 1.29 is 4.39 Å². The van der Waals surface area contributed by atoms with Crippen LogP contribution in [0.5, 0.6) is 0 Å². The van der Waals surface area contributed by atoms with Gasteiger partial charge in [-0.05, 0) is 29.1 Å². The molecule has 0 aromatic carbocycles. The van der Waals surface area contributed by atoms with Crippen molar-refractivity contribution in [3.05, 3.63) is 40.7 Å². The Hall–Kier alpha value is -2.10. The summed E-state index contributed by atoms with van der Waals surface area (Å²) in [5.41, 5.74) is 1.99. The second-order valence-electron chi connectivity index (χ2n) is 4.99. The van der Waals surface area contributed by atoms with E-state index in [9.17, 15) is 9.65 Å². The van der Waals surface area contributed by atoms with Gasteiger partial charge in [-0.2, -0.15) is 5.26 Å². The molecule has 0 spiro atoms. The number of hydrogen-bond donors (Lipinski definition) is 0. The summed E-state index contributed by atoms with van der Waals surface area (Å²) in [6.45, 7) is 4.12. The molecule has 0 saturated carbocycles. The molecule has 0 bridgehead atoms. The summed E-state index contributed by atoms with van der Waals surface area (Å²) in [4.78, 5) is 12.3. The van der Waals surface area contributed by atoms with Crippen LogP contribution in [0.25, 0.3) is 20.8 Å². The zero-order chi connectivity index (χ0) is 15.9. The molecule has 0 aliphatic rings. The van der Waals surface area contributed by atoms with E-state index in [2.05, 4.69) is 34.9 Å².